The van der Waals surface area contributed by atoms with Crippen molar-refractivity contribution in [1.29, 1.82) is 5.41 Å². The van der Waals surface area contributed by atoms with Crippen molar-refractivity contribution in [2.75, 3.05) is 32.7 Å². The van der Waals surface area contributed by atoms with Gasteiger partial charge in [0.15, 0.2) is 0 Å². The third-order valence-corrected chi connectivity index (χ3v) is 2.95. The Hall–Kier alpha value is -0.820. The summed E-state index contributed by atoms with van der Waals surface area (Å²) in [5, 5.41) is 7.19. The molecular formula is C10H19F3N4. The van der Waals surface area contributed by atoms with Crippen LogP contribution in [-0.2, 0) is 0 Å². The molecule has 1 unspecified atom stereocenters. The minimum atomic E-state index is -4.12. The fourth-order valence-electron chi connectivity index (χ4n) is 2.06. The number of nitrogens with two attached hydrogens (primary N) is 1. The molecule has 0 aliphatic carbocycles. The molecule has 4 nitrogen and oxygen atoms in total. The average Bonchev–Trinajstić information content (AvgIpc) is 2.15. The predicted molar refractivity (Wildman–Crippen MR) is 60.1 cm³/mol. The van der Waals surface area contributed by atoms with Crippen molar-refractivity contribution >= 4 is 5.84 Å². The van der Waals surface area contributed by atoms with Crippen molar-refractivity contribution in [1.82, 2.24) is 9.80 Å². The standard InChI is InChI=1S/C10H19F3N4/c1-8(6-9(14)15)17-4-2-16(3-5-17)7-10(11,12)13/h8H,2-7H2,1H3,(H3,14,15). The maximum Gasteiger partial charge on any atom is 0.401 e. The molecule has 0 bridgehead atoms. The van der Waals surface area contributed by atoms with Gasteiger partial charge in [0.25, 0.3) is 0 Å². The Morgan fingerprint density at radius 3 is 2.24 bits per heavy atom. The molecule has 1 aliphatic rings. The van der Waals surface area contributed by atoms with Crippen molar-refractivity contribution in [3.8, 4) is 0 Å². The molecule has 100 valence electrons. The fraction of sp³-hybridized carbons (Fsp3) is 0.900. The first-order chi connectivity index (χ1) is 7.78. The number of hydrogen-bond donors (Lipinski definition) is 2. The lowest BCUT2D eigenvalue weighted by atomic mass is 10.1. The first kappa shape index (κ1) is 14.2. The lowest BCUT2D eigenvalue weighted by Gasteiger charge is -2.38. The molecule has 0 aromatic rings. The van der Waals surface area contributed by atoms with Gasteiger partial charge in [-0.15, -0.1) is 0 Å². The maximum absolute atomic E-state index is 12.2. The van der Waals surface area contributed by atoms with Gasteiger partial charge < -0.3 is 5.73 Å². The molecule has 1 heterocycles. The zero-order valence-corrected chi connectivity index (χ0v) is 9.93. The Balaban J connectivity index is 2.33. The summed E-state index contributed by atoms with van der Waals surface area (Å²) in [6, 6.07) is 0.125. The van der Waals surface area contributed by atoms with E-state index in [2.05, 4.69) is 4.90 Å². The number of nitrogens with one attached hydrogen (secondary N) is 1. The summed E-state index contributed by atoms with van der Waals surface area (Å²) in [5.74, 6) is 0.121. The minimum absolute atomic E-state index is 0.121. The summed E-state index contributed by atoms with van der Waals surface area (Å²) >= 11 is 0. The Morgan fingerprint density at radius 2 is 1.82 bits per heavy atom. The summed E-state index contributed by atoms with van der Waals surface area (Å²) in [6.07, 6.45) is -3.65. The summed E-state index contributed by atoms with van der Waals surface area (Å²) in [7, 11) is 0. The largest absolute Gasteiger partial charge is 0.401 e. The van der Waals surface area contributed by atoms with Gasteiger partial charge in [-0.1, -0.05) is 0 Å². The van der Waals surface area contributed by atoms with Gasteiger partial charge >= 0.3 is 6.18 Å². The molecule has 1 rings (SSSR count). The van der Waals surface area contributed by atoms with E-state index in [4.69, 9.17) is 11.1 Å². The van der Waals surface area contributed by atoms with Crippen LogP contribution in [0.1, 0.15) is 13.3 Å². The first-order valence-electron chi connectivity index (χ1n) is 5.64. The molecule has 1 fully saturated rings. The number of nitrogens with zero attached hydrogens (tertiary/aromatic N) is 2. The second kappa shape index (κ2) is 5.68. The van der Waals surface area contributed by atoms with E-state index in [1.807, 2.05) is 6.92 Å². The maximum atomic E-state index is 12.2. The van der Waals surface area contributed by atoms with Gasteiger partial charge in [0.05, 0.1) is 12.4 Å². The van der Waals surface area contributed by atoms with E-state index in [1.54, 1.807) is 0 Å². The highest BCUT2D eigenvalue weighted by atomic mass is 19.4. The third kappa shape index (κ3) is 5.36. The van der Waals surface area contributed by atoms with E-state index in [0.29, 0.717) is 32.6 Å². The summed E-state index contributed by atoms with van der Waals surface area (Å²) in [4.78, 5) is 3.49. The fourth-order valence-corrected chi connectivity index (χ4v) is 2.06. The lowest BCUT2D eigenvalue weighted by molar-refractivity contribution is -0.149. The highest BCUT2D eigenvalue weighted by molar-refractivity contribution is 5.77. The molecule has 3 N–H and O–H groups in total. The number of rotatable bonds is 4. The highest BCUT2D eigenvalue weighted by Crippen LogP contribution is 2.18. The molecule has 0 spiro atoms. The molecule has 1 atom stereocenters. The van der Waals surface area contributed by atoms with E-state index in [1.165, 1.54) is 4.90 Å². The predicted octanol–water partition coefficient (Wildman–Crippen LogP) is 0.881. The van der Waals surface area contributed by atoms with Crippen molar-refractivity contribution in [3.05, 3.63) is 0 Å². The van der Waals surface area contributed by atoms with Crippen LogP contribution in [0.25, 0.3) is 0 Å². The molecular weight excluding hydrogens is 233 g/mol. The van der Waals surface area contributed by atoms with Crippen LogP contribution < -0.4 is 5.73 Å². The van der Waals surface area contributed by atoms with E-state index in [9.17, 15) is 13.2 Å². The quantitative estimate of drug-likeness (QED) is 0.577. The normalized spacial score (nSPS) is 21.4. The zero-order chi connectivity index (χ0) is 13.1. The summed E-state index contributed by atoms with van der Waals surface area (Å²) < 4.78 is 36.5. The number of piperazine rings is 1. The van der Waals surface area contributed by atoms with Gasteiger partial charge in [-0.2, -0.15) is 13.2 Å². The second-order valence-electron chi connectivity index (χ2n) is 4.51. The number of amidine groups is 1. The number of alkyl halides is 3. The van der Waals surface area contributed by atoms with Gasteiger partial charge in [-0.3, -0.25) is 15.2 Å². The van der Waals surface area contributed by atoms with Crippen molar-refractivity contribution in [3.63, 3.8) is 0 Å². The molecule has 0 amide bonds. The van der Waals surface area contributed by atoms with E-state index in [-0.39, 0.29) is 11.9 Å². The Labute approximate surface area is 99.1 Å². The van der Waals surface area contributed by atoms with E-state index >= 15 is 0 Å². The van der Waals surface area contributed by atoms with Gasteiger partial charge in [0.1, 0.15) is 0 Å². The van der Waals surface area contributed by atoms with Crippen LogP contribution in [0.5, 0.6) is 0 Å². The molecule has 1 saturated heterocycles. The highest BCUT2D eigenvalue weighted by Gasteiger charge is 2.32. The van der Waals surface area contributed by atoms with Crippen LogP contribution in [-0.4, -0.2) is 60.6 Å². The van der Waals surface area contributed by atoms with Gasteiger partial charge in [-0.05, 0) is 6.92 Å². The summed E-state index contributed by atoms with van der Waals surface area (Å²) in [6.45, 7) is 3.15. The monoisotopic (exact) mass is 252 g/mol. The van der Waals surface area contributed by atoms with E-state index < -0.39 is 12.7 Å². The second-order valence-corrected chi connectivity index (χ2v) is 4.51. The van der Waals surface area contributed by atoms with Crippen molar-refractivity contribution in [2.45, 2.75) is 25.6 Å². The van der Waals surface area contributed by atoms with Crippen LogP contribution >= 0.6 is 0 Å². The van der Waals surface area contributed by atoms with Crippen LogP contribution in [0.2, 0.25) is 0 Å². The molecule has 0 aromatic heterocycles. The zero-order valence-electron chi connectivity index (χ0n) is 9.93. The Morgan fingerprint density at radius 1 is 1.29 bits per heavy atom. The molecule has 17 heavy (non-hydrogen) atoms. The third-order valence-electron chi connectivity index (χ3n) is 2.95. The minimum Gasteiger partial charge on any atom is -0.388 e. The van der Waals surface area contributed by atoms with Gasteiger partial charge in [-0.25, -0.2) is 0 Å². The average molecular weight is 252 g/mol. The van der Waals surface area contributed by atoms with Crippen molar-refractivity contribution in [2.24, 2.45) is 5.73 Å². The first-order valence-corrected chi connectivity index (χ1v) is 5.64. The SMILES string of the molecule is CC(CC(=N)N)N1CCN(CC(F)(F)F)CC1. The Bertz CT molecular complexity index is 259. The van der Waals surface area contributed by atoms with Crippen molar-refractivity contribution < 1.29 is 13.2 Å². The van der Waals surface area contributed by atoms with Gasteiger partial charge in [0, 0.05) is 38.6 Å². The van der Waals surface area contributed by atoms with Crippen LogP contribution in [0.3, 0.4) is 0 Å². The van der Waals surface area contributed by atoms with E-state index in [0.717, 1.165) is 0 Å². The molecule has 1 aliphatic heterocycles. The number of halogens is 3. The van der Waals surface area contributed by atoms with Crippen LogP contribution in [0.4, 0.5) is 13.2 Å². The smallest absolute Gasteiger partial charge is 0.388 e. The molecule has 7 heteroatoms. The Kier molecular flexibility index (Phi) is 4.76. The summed E-state index contributed by atoms with van der Waals surface area (Å²) in [5.41, 5.74) is 5.31. The lowest BCUT2D eigenvalue weighted by Crippen LogP contribution is -2.52. The molecule has 0 aromatic carbocycles. The van der Waals surface area contributed by atoms with Crippen LogP contribution in [0.15, 0.2) is 0 Å². The molecule has 0 saturated carbocycles. The number of hydrogen-bond acceptors (Lipinski definition) is 3. The van der Waals surface area contributed by atoms with Gasteiger partial charge in [0.2, 0.25) is 0 Å². The van der Waals surface area contributed by atoms with Crippen LogP contribution in [0, 0.1) is 5.41 Å². The molecule has 0 radical (unpaired) electrons. The topological polar surface area (TPSA) is 56.4 Å².